The van der Waals surface area contributed by atoms with Crippen molar-refractivity contribution in [1.29, 1.82) is 5.41 Å². The van der Waals surface area contributed by atoms with E-state index >= 15 is 0 Å². The minimum absolute atomic E-state index is 0.241. The maximum atomic E-state index is 12.9. The fraction of sp³-hybridized carbons (Fsp3) is 0.130. The Bertz CT molecular complexity index is 1230. The van der Waals surface area contributed by atoms with Gasteiger partial charge in [-0.1, -0.05) is 6.07 Å². The molecule has 0 aliphatic heterocycles. The first-order valence-corrected chi connectivity index (χ1v) is 9.63. The lowest BCUT2D eigenvalue weighted by molar-refractivity contribution is -0.0881. The summed E-state index contributed by atoms with van der Waals surface area (Å²) < 4.78 is 45.3. The van der Waals surface area contributed by atoms with E-state index in [0.717, 1.165) is 22.9 Å². The van der Waals surface area contributed by atoms with Gasteiger partial charge in [0.1, 0.15) is 5.75 Å². The van der Waals surface area contributed by atoms with Gasteiger partial charge in [0.05, 0.1) is 30.8 Å². The molecule has 7 nitrogen and oxygen atoms in total. The quantitative estimate of drug-likeness (QED) is 0.401. The smallest absolute Gasteiger partial charge is 0.416 e. The SMILES string of the molecule is COc1cncc(-c2cnn(-c3cc(C(=O)N/C=C/C(=C\C=N)C(F)(F)F)ccc3C)c2)c1. The highest BCUT2D eigenvalue weighted by atomic mass is 19.4. The zero-order valence-corrected chi connectivity index (χ0v) is 17.7. The number of halogens is 3. The molecular weight excluding hydrogens is 435 g/mol. The van der Waals surface area contributed by atoms with Crippen molar-refractivity contribution in [2.75, 3.05) is 7.11 Å². The Morgan fingerprint density at radius 2 is 1.97 bits per heavy atom. The van der Waals surface area contributed by atoms with Crippen LogP contribution < -0.4 is 10.1 Å². The van der Waals surface area contributed by atoms with E-state index in [0.29, 0.717) is 29.8 Å². The highest BCUT2D eigenvalue weighted by Gasteiger charge is 2.31. The molecule has 0 saturated heterocycles. The van der Waals surface area contributed by atoms with Crippen LogP contribution in [-0.4, -0.2) is 40.2 Å². The van der Waals surface area contributed by atoms with Crippen LogP contribution in [0.15, 0.2) is 73.0 Å². The molecule has 0 aliphatic carbocycles. The predicted octanol–water partition coefficient (Wildman–Crippen LogP) is 4.63. The number of benzene rings is 1. The number of methoxy groups -OCH3 is 1. The van der Waals surface area contributed by atoms with Gasteiger partial charge in [0.2, 0.25) is 0 Å². The molecule has 1 aromatic carbocycles. The second-order valence-corrected chi connectivity index (χ2v) is 6.88. The summed E-state index contributed by atoms with van der Waals surface area (Å²) in [5, 5.41) is 13.5. The minimum Gasteiger partial charge on any atom is -0.495 e. The Hall–Kier alpha value is -4.21. The second-order valence-electron chi connectivity index (χ2n) is 6.88. The first-order chi connectivity index (χ1) is 15.7. The first-order valence-electron chi connectivity index (χ1n) is 9.63. The van der Waals surface area contributed by atoms with Crippen molar-refractivity contribution in [2.45, 2.75) is 13.1 Å². The van der Waals surface area contributed by atoms with Crippen molar-refractivity contribution >= 4 is 12.1 Å². The fourth-order valence-electron chi connectivity index (χ4n) is 2.91. The zero-order chi connectivity index (χ0) is 24.0. The van der Waals surface area contributed by atoms with Crippen molar-refractivity contribution < 1.29 is 22.7 Å². The third-order valence-corrected chi connectivity index (χ3v) is 4.65. The number of pyridine rings is 1. The fourth-order valence-corrected chi connectivity index (χ4v) is 2.91. The molecule has 3 aromatic rings. The van der Waals surface area contributed by atoms with Crippen LogP contribution >= 0.6 is 0 Å². The van der Waals surface area contributed by atoms with Crippen LogP contribution in [0.25, 0.3) is 16.8 Å². The monoisotopic (exact) mass is 455 g/mol. The summed E-state index contributed by atoms with van der Waals surface area (Å²) in [5.41, 5.74) is 2.25. The van der Waals surface area contributed by atoms with Crippen LogP contribution in [-0.2, 0) is 0 Å². The normalized spacial score (nSPS) is 12.1. The van der Waals surface area contributed by atoms with Crippen molar-refractivity contribution in [2.24, 2.45) is 0 Å². The lowest BCUT2D eigenvalue weighted by Crippen LogP contribution is -2.18. The number of hydrogen-bond acceptors (Lipinski definition) is 5. The number of rotatable bonds is 7. The Kier molecular flexibility index (Phi) is 7.07. The summed E-state index contributed by atoms with van der Waals surface area (Å²) in [7, 11) is 1.55. The average molecular weight is 455 g/mol. The van der Waals surface area contributed by atoms with E-state index in [1.54, 1.807) is 54.8 Å². The van der Waals surface area contributed by atoms with E-state index in [2.05, 4.69) is 15.4 Å². The third-order valence-electron chi connectivity index (χ3n) is 4.65. The van der Waals surface area contributed by atoms with Crippen molar-refractivity contribution in [3.63, 3.8) is 0 Å². The predicted molar refractivity (Wildman–Crippen MR) is 118 cm³/mol. The van der Waals surface area contributed by atoms with Gasteiger partial charge in [-0.05, 0) is 42.8 Å². The molecule has 0 aliphatic rings. The average Bonchev–Trinajstić information content (AvgIpc) is 3.28. The molecule has 0 fully saturated rings. The topological polar surface area (TPSA) is 92.9 Å². The Balaban J connectivity index is 1.82. The molecule has 33 heavy (non-hydrogen) atoms. The molecule has 0 unspecified atom stereocenters. The Morgan fingerprint density at radius 1 is 1.18 bits per heavy atom. The van der Waals surface area contributed by atoms with Gasteiger partial charge < -0.3 is 15.5 Å². The minimum atomic E-state index is -4.63. The van der Waals surface area contributed by atoms with Crippen LogP contribution in [0.2, 0.25) is 0 Å². The highest BCUT2D eigenvalue weighted by Crippen LogP contribution is 2.26. The van der Waals surface area contributed by atoms with Gasteiger partial charge in [-0.25, -0.2) is 4.68 Å². The molecule has 2 N–H and O–H groups in total. The number of nitrogens with zero attached hydrogens (tertiary/aromatic N) is 3. The van der Waals surface area contributed by atoms with E-state index < -0.39 is 17.7 Å². The van der Waals surface area contributed by atoms with Crippen LogP contribution in [0, 0.1) is 12.3 Å². The zero-order valence-electron chi connectivity index (χ0n) is 17.7. The molecule has 0 saturated carbocycles. The van der Waals surface area contributed by atoms with E-state index in [-0.39, 0.29) is 5.56 Å². The van der Waals surface area contributed by atoms with Crippen LogP contribution in [0.1, 0.15) is 15.9 Å². The molecule has 0 atom stereocenters. The number of carbonyl (C=O) groups excluding carboxylic acids is 1. The van der Waals surface area contributed by atoms with Crippen LogP contribution in [0.4, 0.5) is 13.2 Å². The van der Waals surface area contributed by atoms with E-state index in [1.807, 2.05) is 13.0 Å². The summed E-state index contributed by atoms with van der Waals surface area (Å²) in [6.45, 7) is 1.85. The molecule has 170 valence electrons. The van der Waals surface area contributed by atoms with Gasteiger partial charge in [-0.15, -0.1) is 0 Å². The Morgan fingerprint density at radius 3 is 2.67 bits per heavy atom. The maximum Gasteiger partial charge on any atom is 0.416 e. The maximum absolute atomic E-state index is 12.9. The van der Waals surface area contributed by atoms with Gasteiger partial charge >= 0.3 is 6.18 Å². The molecule has 1 amide bonds. The highest BCUT2D eigenvalue weighted by molar-refractivity contribution is 5.95. The lowest BCUT2D eigenvalue weighted by atomic mass is 10.1. The van der Waals surface area contributed by atoms with Crippen molar-refractivity contribution in [3.8, 4) is 22.6 Å². The summed E-state index contributed by atoms with van der Waals surface area (Å²) in [6.07, 6.45) is 4.78. The summed E-state index contributed by atoms with van der Waals surface area (Å²) in [6, 6.07) is 6.70. The standard InChI is InChI=1S/C23H20F3N5O2/c1-15-3-4-16(22(32)29-8-6-19(5-7-27)23(24,25)26)10-21(15)31-14-18(12-30-31)17-9-20(33-2)13-28-11-17/h3-14,27H,1-2H3,(H,29,32)/b8-6+,19-5+,27-7?. The van der Waals surface area contributed by atoms with E-state index in [4.69, 9.17) is 10.1 Å². The number of hydrogen-bond donors (Lipinski definition) is 2. The number of amides is 1. The van der Waals surface area contributed by atoms with Crippen LogP contribution in [0.5, 0.6) is 5.75 Å². The van der Waals surface area contributed by atoms with E-state index in [1.165, 1.54) is 0 Å². The third kappa shape index (κ3) is 5.73. The van der Waals surface area contributed by atoms with Crippen molar-refractivity contribution in [1.82, 2.24) is 20.1 Å². The van der Waals surface area contributed by atoms with Gasteiger partial charge in [0.15, 0.2) is 0 Å². The summed E-state index contributed by atoms with van der Waals surface area (Å²) >= 11 is 0. The van der Waals surface area contributed by atoms with Gasteiger partial charge in [0.25, 0.3) is 5.91 Å². The number of carbonyl (C=O) groups is 1. The molecule has 0 radical (unpaired) electrons. The van der Waals surface area contributed by atoms with Gasteiger partial charge in [-0.3, -0.25) is 9.78 Å². The largest absolute Gasteiger partial charge is 0.495 e. The van der Waals surface area contributed by atoms with E-state index in [9.17, 15) is 18.0 Å². The molecule has 2 aromatic heterocycles. The molecule has 0 bridgehead atoms. The van der Waals surface area contributed by atoms with Crippen LogP contribution in [0.3, 0.4) is 0 Å². The summed E-state index contributed by atoms with van der Waals surface area (Å²) in [5.74, 6) is 0.0144. The number of alkyl halides is 3. The number of allylic oxidation sites excluding steroid dienone is 3. The second kappa shape index (κ2) is 9.94. The molecular formula is C23H20F3N5O2. The molecule has 10 heteroatoms. The van der Waals surface area contributed by atoms with Gasteiger partial charge in [0, 0.05) is 41.5 Å². The summed E-state index contributed by atoms with van der Waals surface area (Å²) in [4.78, 5) is 16.6. The first kappa shape index (κ1) is 23.5. The van der Waals surface area contributed by atoms with Gasteiger partial charge in [-0.2, -0.15) is 18.3 Å². The molecule has 0 spiro atoms. The lowest BCUT2D eigenvalue weighted by Gasteiger charge is -2.09. The van der Waals surface area contributed by atoms with Crippen molar-refractivity contribution in [3.05, 3.63) is 84.1 Å². The molecule has 3 rings (SSSR count). The number of nitrogens with one attached hydrogen (secondary N) is 2. The number of aryl methyl sites for hydroxylation is 1. The number of ether oxygens (including phenoxy) is 1. The Labute approximate surface area is 187 Å². The molecule has 2 heterocycles. The number of aromatic nitrogens is 3.